The highest BCUT2D eigenvalue weighted by molar-refractivity contribution is 7.18. The van der Waals surface area contributed by atoms with E-state index in [4.69, 9.17) is 0 Å². The van der Waals surface area contributed by atoms with Crippen LogP contribution in [0.5, 0.6) is 0 Å². The van der Waals surface area contributed by atoms with Gasteiger partial charge in [-0.3, -0.25) is 0 Å². The van der Waals surface area contributed by atoms with Gasteiger partial charge in [-0.1, -0.05) is 121 Å². The van der Waals surface area contributed by atoms with E-state index in [0.29, 0.717) is 0 Å². The van der Waals surface area contributed by atoms with E-state index < -0.39 is 0 Å². The second kappa shape index (κ2) is 8.54. The van der Waals surface area contributed by atoms with E-state index in [2.05, 4.69) is 133 Å². The van der Waals surface area contributed by atoms with Crippen molar-refractivity contribution in [3.8, 4) is 44.5 Å². The monoisotopic (exact) mass is 438 g/mol. The van der Waals surface area contributed by atoms with Crippen molar-refractivity contribution in [1.29, 1.82) is 0 Å². The molecular formula is C32H22S. The summed E-state index contributed by atoms with van der Waals surface area (Å²) < 4.78 is 1.33. The third kappa shape index (κ3) is 3.47. The van der Waals surface area contributed by atoms with Crippen LogP contribution in [-0.4, -0.2) is 0 Å². The second-order valence-electron chi connectivity index (χ2n) is 8.13. The van der Waals surface area contributed by atoms with E-state index in [1.165, 1.54) is 54.6 Å². The highest BCUT2D eigenvalue weighted by Crippen LogP contribution is 2.51. The smallest absolute Gasteiger partial charge is 0.0434 e. The molecule has 0 spiro atoms. The molecule has 5 aromatic carbocycles. The van der Waals surface area contributed by atoms with Gasteiger partial charge < -0.3 is 0 Å². The van der Waals surface area contributed by atoms with Crippen LogP contribution in [0.1, 0.15) is 0 Å². The number of thiophene rings is 1. The first-order valence-electron chi connectivity index (χ1n) is 11.2. The SMILES string of the molecule is c1ccc(-c2c(-c3ccccc3)c(-c3ccccc3)c3sccc3c2-c2ccccc2)cc1. The minimum Gasteiger partial charge on any atom is -0.143 e. The Morgan fingerprint density at radius 2 is 0.697 bits per heavy atom. The molecular weight excluding hydrogens is 416 g/mol. The highest BCUT2D eigenvalue weighted by atomic mass is 32.1. The number of hydrogen-bond acceptors (Lipinski definition) is 1. The molecule has 0 fully saturated rings. The van der Waals surface area contributed by atoms with Crippen molar-refractivity contribution in [2.45, 2.75) is 0 Å². The molecule has 0 aliphatic carbocycles. The minimum atomic E-state index is 1.24. The van der Waals surface area contributed by atoms with Crippen molar-refractivity contribution >= 4 is 21.4 Å². The number of fused-ring (bicyclic) bond motifs is 1. The Balaban J connectivity index is 1.87. The average molecular weight is 439 g/mol. The normalized spacial score (nSPS) is 11.0. The lowest BCUT2D eigenvalue weighted by Gasteiger charge is -2.22. The molecule has 0 atom stereocenters. The third-order valence-corrected chi connectivity index (χ3v) is 7.09. The van der Waals surface area contributed by atoms with Crippen LogP contribution in [-0.2, 0) is 0 Å². The Hall–Kier alpha value is -3.94. The van der Waals surface area contributed by atoms with Crippen molar-refractivity contribution in [2.75, 3.05) is 0 Å². The molecule has 0 aliphatic heterocycles. The van der Waals surface area contributed by atoms with Gasteiger partial charge in [0.15, 0.2) is 0 Å². The van der Waals surface area contributed by atoms with Crippen molar-refractivity contribution in [3.05, 3.63) is 133 Å². The number of rotatable bonds is 4. The number of hydrogen-bond donors (Lipinski definition) is 0. The van der Waals surface area contributed by atoms with Gasteiger partial charge in [0.1, 0.15) is 0 Å². The van der Waals surface area contributed by atoms with Gasteiger partial charge in [-0.2, -0.15) is 0 Å². The fourth-order valence-corrected chi connectivity index (χ4v) is 5.74. The van der Waals surface area contributed by atoms with E-state index in [1.54, 1.807) is 0 Å². The Bertz CT molecular complexity index is 1400. The molecule has 0 saturated carbocycles. The summed E-state index contributed by atoms with van der Waals surface area (Å²) >= 11 is 1.83. The molecule has 1 heterocycles. The zero-order valence-electron chi connectivity index (χ0n) is 18.1. The van der Waals surface area contributed by atoms with Crippen LogP contribution in [0.25, 0.3) is 54.6 Å². The van der Waals surface area contributed by atoms with E-state index in [-0.39, 0.29) is 0 Å². The van der Waals surface area contributed by atoms with Gasteiger partial charge in [0, 0.05) is 15.6 Å². The Morgan fingerprint density at radius 1 is 0.333 bits per heavy atom. The van der Waals surface area contributed by atoms with Gasteiger partial charge >= 0.3 is 0 Å². The fraction of sp³-hybridized carbons (Fsp3) is 0. The first-order valence-corrected chi connectivity index (χ1v) is 12.1. The van der Waals surface area contributed by atoms with Crippen LogP contribution < -0.4 is 0 Å². The quantitative estimate of drug-likeness (QED) is 0.257. The van der Waals surface area contributed by atoms with Crippen molar-refractivity contribution in [1.82, 2.24) is 0 Å². The van der Waals surface area contributed by atoms with Gasteiger partial charge in [0.05, 0.1) is 0 Å². The standard InChI is InChI=1S/C32H22S/c1-5-13-23(14-6-1)28-27-21-22-33-32(27)31(26-19-11-4-12-20-26)30(25-17-9-3-10-18-25)29(28)24-15-7-2-8-16-24/h1-22H. The summed E-state index contributed by atoms with van der Waals surface area (Å²) in [4.78, 5) is 0. The topological polar surface area (TPSA) is 0 Å². The summed E-state index contributed by atoms with van der Waals surface area (Å²) in [6.07, 6.45) is 0. The summed E-state index contributed by atoms with van der Waals surface area (Å²) in [5.74, 6) is 0. The predicted octanol–water partition coefficient (Wildman–Crippen LogP) is 9.57. The first kappa shape index (κ1) is 19.7. The molecule has 0 amide bonds. The molecule has 1 heteroatoms. The van der Waals surface area contributed by atoms with Crippen LogP contribution in [0.15, 0.2) is 133 Å². The minimum absolute atomic E-state index is 1.24. The van der Waals surface area contributed by atoms with E-state index in [1.807, 2.05) is 11.3 Å². The fourth-order valence-electron chi connectivity index (χ4n) is 4.77. The molecule has 0 bridgehead atoms. The zero-order valence-corrected chi connectivity index (χ0v) is 18.9. The molecule has 156 valence electrons. The van der Waals surface area contributed by atoms with Gasteiger partial charge in [0.25, 0.3) is 0 Å². The van der Waals surface area contributed by atoms with Crippen molar-refractivity contribution < 1.29 is 0 Å². The van der Waals surface area contributed by atoms with Crippen LogP contribution in [0, 0.1) is 0 Å². The largest absolute Gasteiger partial charge is 0.143 e. The Labute approximate surface area is 198 Å². The van der Waals surface area contributed by atoms with E-state index >= 15 is 0 Å². The molecule has 0 saturated heterocycles. The van der Waals surface area contributed by atoms with E-state index in [0.717, 1.165) is 0 Å². The van der Waals surface area contributed by atoms with Gasteiger partial charge in [-0.15, -0.1) is 11.3 Å². The van der Waals surface area contributed by atoms with Crippen molar-refractivity contribution in [3.63, 3.8) is 0 Å². The number of benzene rings is 5. The van der Waals surface area contributed by atoms with Crippen molar-refractivity contribution in [2.24, 2.45) is 0 Å². The maximum atomic E-state index is 2.29. The molecule has 0 aliphatic rings. The summed E-state index contributed by atoms with van der Waals surface area (Å²) in [6, 6.07) is 45.6. The lowest BCUT2D eigenvalue weighted by molar-refractivity contribution is 1.58. The highest BCUT2D eigenvalue weighted by Gasteiger charge is 2.24. The van der Waals surface area contributed by atoms with Crippen LogP contribution in [0.4, 0.5) is 0 Å². The Kier molecular flexibility index (Phi) is 5.10. The molecule has 33 heavy (non-hydrogen) atoms. The third-order valence-electron chi connectivity index (χ3n) is 6.16. The first-order chi connectivity index (χ1) is 16.4. The summed E-state index contributed by atoms with van der Waals surface area (Å²) in [5, 5.41) is 3.54. The van der Waals surface area contributed by atoms with Gasteiger partial charge in [-0.05, 0) is 50.4 Å². The lowest BCUT2D eigenvalue weighted by Crippen LogP contribution is -1.95. The van der Waals surface area contributed by atoms with Crippen LogP contribution in [0.3, 0.4) is 0 Å². The second-order valence-corrected chi connectivity index (χ2v) is 9.04. The molecule has 0 nitrogen and oxygen atoms in total. The van der Waals surface area contributed by atoms with Crippen LogP contribution >= 0.6 is 11.3 Å². The molecule has 0 radical (unpaired) electrons. The molecule has 6 rings (SSSR count). The molecule has 0 N–H and O–H groups in total. The summed E-state index contributed by atoms with van der Waals surface area (Å²) in [7, 11) is 0. The average Bonchev–Trinajstić information content (AvgIpc) is 3.39. The van der Waals surface area contributed by atoms with E-state index in [9.17, 15) is 0 Å². The molecule has 6 aromatic rings. The predicted molar refractivity (Wildman–Crippen MR) is 144 cm³/mol. The summed E-state index contributed by atoms with van der Waals surface area (Å²) in [6.45, 7) is 0. The van der Waals surface area contributed by atoms with Gasteiger partial charge in [0.2, 0.25) is 0 Å². The lowest BCUT2D eigenvalue weighted by atomic mass is 9.81. The molecule has 1 aromatic heterocycles. The van der Waals surface area contributed by atoms with Crippen LogP contribution in [0.2, 0.25) is 0 Å². The molecule has 0 unspecified atom stereocenters. The Morgan fingerprint density at radius 3 is 1.15 bits per heavy atom. The maximum Gasteiger partial charge on any atom is 0.0434 e. The van der Waals surface area contributed by atoms with Gasteiger partial charge in [-0.25, -0.2) is 0 Å². The summed E-state index contributed by atoms with van der Waals surface area (Å²) in [5.41, 5.74) is 10.2. The maximum absolute atomic E-state index is 2.29. The zero-order chi connectivity index (χ0) is 22.0.